The third kappa shape index (κ3) is 4.90. The first-order valence-corrected chi connectivity index (χ1v) is 11.8. The molecule has 10 heteroatoms. The molecule has 2 aromatic heterocycles. The van der Waals surface area contributed by atoms with Crippen molar-refractivity contribution < 1.29 is 4.79 Å². The van der Waals surface area contributed by atoms with Gasteiger partial charge in [0.25, 0.3) is 0 Å². The van der Waals surface area contributed by atoms with Crippen molar-refractivity contribution in [3.05, 3.63) is 53.8 Å². The Balaban J connectivity index is 1.31. The molecule has 2 aliphatic rings. The first-order valence-electron chi connectivity index (χ1n) is 11.4. The van der Waals surface area contributed by atoms with Crippen LogP contribution in [0.1, 0.15) is 12.8 Å². The second-order valence-electron chi connectivity index (χ2n) is 8.50. The van der Waals surface area contributed by atoms with Crippen LogP contribution in [0.15, 0.2) is 48.8 Å². The Bertz CT molecular complexity index is 1160. The molecule has 0 unspecified atom stereocenters. The van der Waals surface area contributed by atoms with Crippen molar-refractivity contribution in [3.8, 4) is 0 Å². The lowest BCUT2D eigenvalue weighted by Crippen LogP contribution is -2.44. The maximum Gasteiger partial charge on any atom is 0.229 e. The molecule has 5 rings (SSSR count). The standard InChI is InChI=1S/C24H27ClN8O/c1-31-12-14-32(15-13-31)18-8-6-17(7-9-18)28-24-27-16-19(25)22(30-24)29-20-4-2-10-26-23(20)33-11-3-5-21(33)34/h2,4,6-10,16H,3,5,11-15H2,1H3,(H2,27,28,29,30). The summed E-state index contributed by atoms with van der Waals surface area (Å²) in [7, 11) is 2.15. The predicted octanol–water partition coefficient (Wildman–Crippen LogP) is 3.89. The summed E-state index contributed by atoms with van der Waals surface area (Å²) in [6.45, 7) is 4.84. The van der Waals surface area contributed by atoms with E-state index < -0.39 is 0 Å². The number of amides is 1. The van der Waals surface area contributed by atoms with E-state index in [1.54, 1.807) is 17.3 Å². The van der Waals surface area contributed by atoms with E-state index in [-0.39, 0.29) is 5.91 Å². The number of carbonyl (C=O) groups excluding carboxylic acids is 1. The fraction of sp³-hybridized carbons (Fsp3) is 0.333. The number of hydrogen-bond acceptors (Lipinski definition) is 8. The SMILES string of the molecule is CN1CCN(c2ccc(Nc3ncc(Cl)c(Nc4cccnc4N4CCCC4=O)n3)cc2)CC1. The van der Waals surface area contributed by atoms with Gasteiger partial charge in [0.05, 0.1) is 11.9 Å². The normalized spacial score (nSPS) is 16.7. The maximum absolute atomic E-state index is 12.2. The number of carbonyl (C=O) groups is 1. The second kappa shape index (κ2) is 9.82. The van der Waals surface area contributed by atoms with E-state index in [4.69, 9.17) is 11.6 Å². The number of rotatable bonds is 6. The van der Waals surface area contributed by atoms with E-state index in [9.17, 15) is 4.79 Å². The summed E-state index contributed by atoms with van der Waals surface area (Å²) in [5, 5.41) is 6.85. The molecule has 0 atom stereocenters. The van der Waals surface area contributed by atoms with Gasteiger partial charge in [-0.1, -0.05) is 11.6 Å². The van der Waals surface area contributed by atoms with Crippen molar-refractivity contribution in [1.29, 1.82) is 0 Å². The van der Waals surface area contributed by atoms with Gasteiger partial charge in [0, 0.05) is 56.7 Å². The molecule has 0 saturated carbocycles. The summed E-state index contributed by atoms with van der Waals surface area (Å²) in [5.41, 5.74) is 2.76. The average Bonchev–Trinajstić information content (AvgIpc) is 3.28. The first-order chi connectivity index (χ1) is 16.6. The smallest absolute Gasteiger partial charge is 0.229 e. The van der Waals surface area contributed by atoms with Crippen molar-refractivity contribution in [1.82, 2.24) is 19.9 Å². The van der Waals surface area contributed by atoms with E-state index in [1.807, 2.05) is 24.3 Å². The molecule has 2 N–H and O–H groups in total. The summed E-state index contributed by atoms with van der Waals surface area (Å²) < 4.78 is 0. The number of benzene rings is 1. The Morgan fingerprint density at radius 2 is 1.76 bits per heavy atom. The van der Waals surface area contributed by atoms with Crippen molar-refractivity contribution >= 4 is 52.2 Å². The number of piperazine rings is 1. The quantitative estimate of drug-likeness (QED) is 0.551. The Morgan fingerprint density at radius 3 is 2.50 bits per heavy atom. The van der Waals surface area contributed by atoms with Gasteiger partial charge in [-0.15, -0.1) is 0 Å². The minimum Gasteiger partial charge on any atom is -0.369 e. The molecule has 0 radical (unpaired) electrons. The van der Waals surface area contributed by atoms with Crippen LogP contribution in [0.2, 0.25) is 5.02 Å². The fourth-order valence-electron chi connectivity index (χ4n) is 4.17. The number of halogens is 1. The van der Waals surface area contributed by atoms with E-state index in [0.29, 0.717) is 41.3 Å². The third-order valence-electron chi connectivity index (χ3n) is 6.10. The molecule has 34 heavy (non-hydrogen) atoms. The number of nitrogens with zero attached hydrogens (tertiary/aromatic N) is 6. The molecule has 2 saturated heterocycles. The summed E-state index contributed by atoms with van der Waals surface area (Å²) in [6, 6.07) is 11.9. The fourth-order valence-corrected chi connectivity index (χ4v) is 4.31. The van der Waals surface area contributed by atoms with Crippen molar-refractivity contribution in [2.75, 3.05) is 60.2 Å². The molecule has 9 nitrogen and oxygen atoms in total. The lowest BCUT2D eigenvalue weighted by atomic mass is 10.2. The highest BCUT2D eigenvalue weighted by molar-refractivity contribution is 6.33. The van der Waals surface area contributed by atoms with Gasteiger partial charge < -0.3 is 20.4 Å². The number of aromatic nitrogens is 3. The molecule has 4 heterocycles. The Labute approximate surface area is 203 Å². The number of likely N-dealkylation sites (N-methyl/N-ethyl adjacent to an activating group) is 1. The number of hydrogen-bond donors (Lipinski definition) is 2. The van der Waals surface area contributed by atoms with Gasteiger partial charge in [0.1, 0.15) is 5.02 Å². The highest BCUT2D eigenvalue weighted by Crippen LogP contribution is 2.32. The van der Waals surface area contributed by atoms with Crippen LogP contribution < -0.4 is 20.4 Å². The van der Waals surface area contributed by atoms with Gasteiger partial charge in [0.2, 0.25) is 11.9 Å². The largest absolute Gasteiger partial charge is 0.369 e. The third-order valence-corrected chi connectivity index (χ3v) is 6.38. The zero-order valence-corrected chi connectivity index (χ0v) is 19.8. The molecule has 2 fully saturated rings. The Morgan fingerprint density at radius 1 is 0.971 bits per heavy atom. The molecule has 3 aromatic rings. The predicted molar refractivity (Wildman–Crippen MR) is 136 cm³/mol. The lowest BCUT2D eigenvalue weighted by molar-refractivity contribution is -0.117. The van der Waals surface area contributed by atoms with Crippen molar-refractivity contribution in [2.24, 2.45) is 0 Å². The topological polar surface area (TPSA) is 89.5 Å². The number of anilines is 6. The average molecular weight is 479 g/mol. The minimum atomic E-state index is 0.0675. The maximum atomic E-state index is 12.2. The number of nitrogens with one attached hydrogen (secondary N) is 2. The van der Waals surface area contributed by atoms with Crippen LogP contribution in [0, 0.1) is 0 Å². The van der Waals surface area contributed by atoms with Gasteiger partial charge in [-0.05, 0) is 49.9 Å². The Hall–Kier alpha value is -3.43. The van der Waals surface area contributed by atoms with Gasteiger partial charge in [0.15, 0.2) is 11.6 Å². The van der Waals surface area contributed by atoms with Gasteiger partial charge >= 0.3 is 0 Å². The summed E-state index contributed by atoms with van der Waals surface area (Å²) in [6.07, 6.45) is 4.58. The minimum absolute atomic E-state index is 0.0675. The molecular weight excluding hydrogens is 452 g/mol. The molecule has 0 spiro atoms. The molecule has 0 aliphatic carbocycles. The first kappa shape index (κ1) is 22.4. The molecule has 2 aliphatic heterocycles. The van der Waals surface area contributed by atoms with Gasteiger partial charge in [-0.2, -0.15) is 4.98 Å². The van der Waals surface area contributed by atoms with Crippen LogP contribution in [0.25, 0.3) is 0 Å². The molecule has 176 valence electrons. The van der Waals surface area contributed by atoms with E-state index in [1.165, 1.54) is 5.69 Å². The zero-order chi connectivity index (χ0) is 23.5. The van der Waals surface area contributed by atoms with E-state index >= 15 is 0 Å². The highest BCUT2D eigenvalue weighted by atomic mass is 35.5. The zero-order valence-electron chi connectivity index (χ0n) is 19.0. The Kier molecular flexibility index (Phi) is 6.46. The van der Waals surface area contributed by atoms with E-state index in [0.717, 1.165) is 38.3 Å². The van der Waals surface area contributed by atoms with Gasteiger partial charge in [-0.3, -0.25) is 9.69 Å². The number of pyridine rings is 1. The van der Waals surface area contributed by atoms with Crippen LogP contribution in [0.3, 0.4) is 0 Å². The van der Waals surface area contributed by atoms with Crippen LogP contribution >= 0.6 is 11.6 Å². The molecule has 0 bridgehead atoms. The van der Waals surface area contributed by atoms with Crippen LogP contribution in [-0.2, 0) is 4.79 Å². The van der Waals surface area contributed by atoms with Crippen LogP contribution in [0.4, 0.5) is 34.6 Å². The molecule has 1 aromatic carbocycles. The van der Waals surface area contributed by atoms with Crippen molar-refractivity contribution in [3.63, 3.8) is 0 Å². The molecule has 1 amide bonds. The monoisotopic (exact) mass is 478 g/mol. The second-order valence-corrected chi connectivity index (χ2v) is 8.91. The lowest BCUT2D eigenvalue weighted by Gasteiger charge is -2.34. The van der Waals surface area contributed by atoms with Crippen molar-refractivity contribution in [2.45, 2.75) is 12.8 Å². The van der Waals surface area contributed by atoms with Gasteiger partial charge in [-0.25, -0.2) is 9.97 Å². The summed E-state index contributed by atoms with van der Waals surface area (Å²) >= 11 is 6.38. The van der Waals surface area contributed by atoms with Crippen LogP contribution in [0.5, 0.6) is 0 Å². The molecular formula is C24H27ClN8O. The van der Waals surface area contributed by atoms with E-state index in [2.05, 4.69) is 54.6 Å². The summed E-state index contributed by atoms with van der Waals surface area (Å²) in [5.74, 6) is 1.50. The summed E-state index contributed by atoms with van der Waals surface area (Å²) in [4.78, 5) is 31.9. The van der Waals surface area contributed by atoms with Crippen LogP contribution in [-0.4, -0.2) is 65.5 Å². The highest BCUT2D eigenvalue weighted by Gasteiger charge is 2.25.